The molecule has 1 aliphatic rings. The van der Waals surface area contributed by atoms with Crippen molar-refractivity contribution in [1.82, 2.24) is 0 Å². The predicted molar refractivity (Wildman–Crippen MR) is 63.7 cm³/mol. The first-order valence-corrected chi connectivity index (χ1v) is 6.56. The van der Waals surface area contributed by atoms with Gasteiger partial charge in [0.2, 0.25) is 0 Å². The molecule has 1 nitrogen and oxygen atoms in total. The van der Waals surface area contributed by atoms with Crippen LogP contribution in [0.3, 0.4) is 0 Å². The first kappa shape index (κ1) is 10.7. The van der Waals surface area contributed by atoms with Crippen LogP contribution in [0.25, 0.3) is 0 Å². The Balaban J connectivity index is 2.14. The Morgan fingerprint density at radius 2 is 2.29 bits per heavy atom. The SMILES string of the molecule is CC(O)(Cc1sccc1Br)C1(C)CC1. The highest BCUT2D eigenvalue weighted by Crippen LogP contribution is 2.55. The Bertz CT molecular complexity index is 339. The van der Waals surface area contributed by atoms with Gasteiger partial charge in [-0.15, -0.1) is 11.3 Å². The van der Waals surface area contributed by atoms with Crippen LogP contribution in [0.2, 0.25) is 0 Å². The zero-order valence-electron chi connectivity index (χ0n) is 8.51. The summed E-state index contributed by atoms with van der Waals surface area (Å²) in [6.45, 7) is 4.14. The molecule has 2 rings (SSSR count). The molecule has 78 valence electrons. The largest absolute Gasteiger partial charge is 0.389 e. The predicted octanol–water partition coefficient (Wildman–Crippen LogP) is 3.60. The fourth-order valence-corrected chi connectivity index (χ4v) is 3.34. The van der Waals surface area contributed by atoms with E-state index in [1.165, 1.54) is 4.88 Å². The Hall–Kier alpha value is 0.140. The molecule has 1 aromatic rings. The van der Waals surface area contributed by atoms with E-state index < -0.39 is 5.60 Å². The van der Waals surface area contributed by atoms with E-state index in [-0.39, 0.29) is 5.41 Å². The monoisotopic (exact) mass is 274 g/mol. The fourth-order valence-electron chi connectivity index (χ4n) is 1.70. The molecule has 1 aliphatic carbocycles. The molecule has 1 saturated carbocycles. The molecule has 1 atom stereocenters. The summed E-state index contributed by atoms with van der Waals surface area (Å²) in [6.07, 6.45) is 3.08. The molecule has 0 radical (unpaired) electrons. The average molecular weight is 275 g/mol. The lowest BCUT2D eigenvalue weighted by Crippen LogP contribution is -2.36. The molecule has 0 bridgehead atoms. The maximum atomic E-state index is 10.4. The van der Waals surface area contributed by atoms with Gasteiger partial charge in [-0.3, -0.25) is 0 Å². The summed E-state index contributed by atoms with van der Waals surface area (Å²) in [5.41, 5.74) is -0.406. The number of halogens is 1. The van der Waals surface area contributed by atoms with Crippen molar-refractivity contribution < 1.29 is 5.11 Å². The molecule has 1 unspecified atom stereocenters. The van der Waals surface area contributed by atoms with E-state index in [9.17, 15) is 5.11 Å². The number of rotatable bonds is 3. The maximum Gasteiger partial charge on any atom is 0.0721 e. The quantitative estimate of drug-likeness (QED) is 0.893. The van der Waals surface area contributed by atoms with E-state index >= 15 is 0 Å². The average Bonchev–Trinajstić information content (AvgIpc) is 2.73. The standard InChI is InChI=1S/C11H15BrOS/c1-10(4-5-10)11(2,13)7-9-8(12)3-6-14-9/h3,6,13H,4-5,7H2,1-2H3. The smallest absolute Gasteiger partial charge is 0.0721 e. The number of thiophene rings is 1. The molecule has 1 N–H and O–H groups in total. The van der Waals surface area contributed by atoms with Crippen LogP contribution in [0.5, 0.6) is 0 Å². The summed E-state index contributed by atoms with van der Waals surface area (Å²) in [6, 6.07) is 2.05. The zero-order chi connectivity index (χ0) is 10.4. The number of hydrogen-bond donors (Lipinski definition) is 1. The minimum absolute atomic E-state index is 0.149. The lowest BCUT2D eigenvalue weighted by Gasteiger charge is -2.30. The lowest BCUT2D eigenvalue weighted by atomic mass is 9.84. The van der Waals surface area contributed by atoms with Crippen molar-refractivity contribution in [2.45, 2.75) is 38.7 Å². The molecule has 0 amide bonds. The van der Waals surface area contributed by atoms with Gasteiger partial charge in [0.25, 0.3) is 0 Å². The Labute approximate surface area is 97.3 Å². The van der Waals surface area contributed by atoms with Crippen LogP contribution in [0.4, 0.5) is 0 Å². The first-order valence-electron chi connectivity index (χ1n) is 4.89. The van der Waals surface area contributed by atoms with Gasteiger partial charge in [-0.2, -0.15) is 0 Å². The van der Waals surface area contributed by atoms with Crippen LogP contribution in [0.1, 0.15) is 31.6 Å². The Morgan fingerprint density at radius 1 is 1.64 bits per heavy atom. The van der Waals surface area contributed by atoms with E-state index in [0.29, 0.717) is 0 Å². The molecule has 3 heteroatoms. The third kappa shape index (κ3) is 1.77. The molecule has 0 saturated heterocycles. The van der Waals surface area contributed by atoms with E-state index in [2.05, 4.69) is 28.2 Å². The van der Waals surface area contributed by atoms with Gasteiger partial charge in [-0.25, -0.2) is 0 Å². The molecular weight excluding hydrogens is 260 g/mol. The minimum Gasteiger partial charge on any atom is -0.389 e. The molecule has 1 heterocycles. The summed E-state index contributed by atoms with van der Waals surface area (Å²) in [5.74, 6) is 0. The third-order valence-corrected chi connectivity index (χ3v) is 5.42. The van der Waals surface area contributed by atoms with Gasteiger partial charge < -0.3 is 5.11 Å². The third-order valence-electron chi connectivity index (χ3n) is 3.50. The van der Waals surface area contributed by atoms with E-state index in [4.69, 9.17) is 0 Å². The van der Waals surface area contributed by atoms with Gasteiger partial charge in [0.15, 0.2) is 0 Å². The van der Waals surface area contributed by atoms with Gasteiger partial charge in [-0.05, 0) is 52.6 Å². The topological polar surface area (TPSA) is 20.2 Å². The summed E-state index contributed by atoms with van der Waals surface area (Å²) in [4.78, 5) is 1.25. The molecular formula is C11H15BrOS. The molecule has 14 heavy (non-hydrogen) atoms. The van der Waals surface area contributed by atoms with Crippen molar-refractivity contribution in [2.75, 3.05) is 0 Å². The van der Waals surface area contributed by atoms with E-state index in [0.717, 1.165) is 23.7 Å². The lowest BCUT2D eigenvalue weighted by molar-refractivity contribution is -0.00644. The summed E-state index contributed by atoms with van der Waals surface area (Å²) in [7, 11) is 0. The van der Waals surface area contributed by atoms with Gasteiger partial charge in [0.05, 0.1) is 5.60 Å². The minimum atomic E-state index is -0.555. The van der Waals surface area contributed by atoms with Crippen LogP contribution in [0.15, 0.2) is 15.9 Å². The van der Waals surface area contributed by atoms with E-state index in [1.807, 2.05) is 13.0 Å². The fraction of sp³-hybridized carbons (Fsp3) is 0.636. The van der Waals surface area contributed by atoms with Crippen LogP contribution in [-0.2, 0) is 6.42 Å². The number of aliphatic hydroxyl groups is 1. The molecule has 1 aromatic heterocycles. The van der Waals surface area contributed by atoms with Crippen molar-refractivity contribution in [3.8, 4) is 0 Å². The normalized spacial score (nSPS) is 23.1. The van der Waals surface area contributed by atoms with Crippen LogP contribution < -0.4 is 0 Å². The molecule has 1 fully saturated rings. The van der Waals surface area contributed by atoms with Crippen molar-refractivity contribution >= 4 is 27.3 Å². The van der Waals surface area contributed by atoms with Crippen molar-refractivity contribution in [1.29, 1.82) is 0 Å². The summed E-state index contributed by atoms with van der Waals surface area (Å²) >= 11 is 5.22. The van der Waals surface area contributed by atoms with E-state index in [1.54, 1.807) is 11.3 Å². The van der Waals surface area contributed by atoms with Crippen LogP contribution in [0, 0.1) is 5.41 Å². The second-order valence-corrected chi connectivity index (χ2v) is 6.56. The zero-order valence-corrected chi connectivity index (χ0v) is 10.9. The highest BCUT2D eigenvalue weighted by atomic mass is 79.9. The molecule has 0 aromatic carbocycles. The first-order chi connectivity index (χ1) is 6.45. The van der Waals surface area contributed by atoms with Gasteiger partial charge in [0, 0.05) is 15.8 Å². The van der Waals surface area contributed by atoms with Crippen molar-refractivity contribution in [3.63, 3.8) is 0 Å². The van der Waals surface area contributed by atoms with Crippen molar-refractivity contribution in [2.24, 2.45) is 5.41 Å². The summed E-state index contributed by atoms with van der Waals surface area (Å²) < 4.78 is 1.13. The Kier molecular flexibility index (Phi) is 2.53. The highest BCUT2D eigenvalue weighted by molar-refractivity contribution is 9.10. The second-order valence-electron chi connectivity index (χ2n) is 4.70. The highest BCUT2D eigenvalue weighted by Gasteiger charge is 2.52. The van der Waals surface area contributed by atoms with Crippen LogP contribution in [-0.4, -0.2) is 10.7 Å². The number of hydrogen-bond acceptors (Lipinski definition) is 2. The van der Waals surface area contributed by atoms with Gasteiger partial charge >= 0.3 is 0 Å². The second kappa shape index (κ2) is 3.32. The van der Waals surface area contributed by atoms with Gasteiger partial charge in [-0.1, -0.05) is 6.92 Å². The van der Waals surface area contributed by atoms with Crippen LogP contribution >= 0.6 is 27.3 Å². The summed E-state index contributed by atoms with van der Waals surface area (Å²) in [5, 5.41) is 12.5. The van der Waals surface area contributed by atoms with Crippen molar-refractivity contribution in [3.05, 3.63) is 20.8 Å². The maximum absolute atomic E-state index is 10.4. The Morgan fingerprint density at radius 3 is 2.71 bits per heavy atom. The molecule has 0 spiro atoms. The van der Waals surface area contributed by atoms with Gasteiger partial charge in [0.1, 0.15) is 0 Å². The molecule has 0 aliphatic heterocycles.